The maximum absolute atomic E-state index is 5.13. The molecule has 1 aromatic rings. The van der Waals surface area contributed by atoms with Gasteiger partial charge in [-0.15, -0.1) is 0 Å². The second-order valence-corrected chi connectivity index (χ2v) is 4.19. The van der Waals surface area contributed by atoms with Gasteiger partial charge >= 0.3 is 0 Å². The van der Waals surface area contributed by atoms with Crippen molar-refractivity contribution in [3.05, 3.63) is 29.6 Å². The van der Waals surface area contributed by atoms with Gasteiger partial charge in [0.2, 0.25) is 0 Å². The first-order valence-corrected chi connectivity index (χ1v) is 5.44. The maximum Gasteiger partial charge on any atom is 0.166 e. The zero-order chi connectivity index (χ0) is 11.3. The summed E-state index contributed by atoms with van der Waals surface area (Å²) in [6.45, 7) is 6.91. The normalized spacial score (nSPS) is 10.1. The summed E-state index contributed by atoms with van der Waals surface area (Å²) in [5.41, 5.74) is 2.40. The molecular weight excluding hydrogens is 206 g/mol. The first kappa shape index (κ1) is 11.9. The van der Waals surface area contributed by atoms with E-state index >= 15 is 0 Å². The van der Waals surface area contributed by atoms with Crippen LogP contribution >= 0.6 is 12.2 Å². The molecule has 0 saturated heterocycles. The fourth-order valence-electron chi connectivity index (χ4n) is 1.19. The van der Waals surface area contributed by atoms with Crippen LogP contribution in [0.15, 0.2) is 18.5 Å². The lowest BCUT2D eigenvalue weighted by Gasteiger charge is -2.13. The molecule has 0 spiro atoms. The number of aryl methyl sites for hydroxylation is 1. The summed E-state index contributed by atoms with van der Waals surface area (Å²) in [6, 6.07) is 2.36. The molecule has 15 heavy (non-hydrogen) atoms. The average Bonchev–Trinajstić information content (AvgIpc) is 2.15. The summed E-state index contributed by atoms with van der Waals surface area (Å²) in [6.07, 6.45) is 3.65. The molecule has 1 rings (SSSR count). The van der Waals surface area contributed by atoms with Crippen LogP contribution in [0.5, 0.6) is 0 Å². The summed E-state index contributed by atoms with van der Waals surface area (Å²) in [5, 5.41) is 7.00. The third-order valence-corrected chi connectivity index (χ3v) is 2.26. The summed E-state index contributed by atoms with van der Waals surface area (Å²) >= 11 is 5.13. The average molecular weight is 223 g/mol. The molecule has 3 nitrogen and oxygen atoms in total. The number of thiocarbonyl (C=S) groups is 1. The molecule has 82 valence electrons. The molecule has 0 aliphatic carbocycles. The number of hydrogen-bond donors (Lipinski definition) is 2. The topological polar surface area (TPSA) is 37.0 Å². The Morgan fingerprint density at radius 1 is 1.53 bits per heavy atom. The first-order valence-electron chi connectivity index (χ1n) is 5.03. The van der Waals surface area contributed by atoms with Gasteiger partial charge in [0.25, 0.3) is 0 Å². The third kappa shape index (κ3) is 4.25. The second-order valence-electron chi connectivity index (χ2n) is 3.78. The highest BCUT2D eigenvalue weighted by Gasteiger charge is 2.00. The molecule has 1 heterocycles. The SMILES string of the molecule is Cc1cnccc1CNC(=S)NC(C)C. The molecule has 0 saturated carbocycles. The number of rotatable bonds is 3. The van der Waals surface area contributed by atoms with E-state index in [4.69, 9.17) is 12.2 Å². The highest BCUT2D eigenvalue weighted by molar-refractivity contribution is 7.80. The van der Waals surface area contributed by atoms with E-state index in [2.05, 4.69) is 29.5 Å². The van der Waals surface area contributed by atoms with Crippen molar-refractivity contribution in [3.63, 3.8) is 0 Å². The van der Waals surface area contributed by atoms with E-state index in [1.165, 1.54) is 11.1 Å². The zero-order valence-electron chi connectivity index (χ0n) is 9.37. The molecule has 0 unspecified atom stereocenters. The summed E-state index contributed by atoms with van der Waals surface area (Å²) in [7, 11) is 0. The highest BCUT2D eigenvalue weighted by atomic mass is 32.1. The number of nitrogens with zero attached hydrogens (tertiary/aromatic N) is 1. The van der Waals surface area contributed by atoms with Crippen LogP contribution in [0.4, 0.5) is 0 Å². The molecule has 2 N–H and O–H groups in total. The Morgan fingerprint density at radius 2 is 2.27 bits per heavy atom. The van der Waals surface area contributed by atoms with Gasteiger partial charge in [0.05, 0.1) is 0 Å². The molecule has 0 bridgehead atoms. The van der Waals surface area contributed by atoms with E-state index in [0.29, 0.717) is 11.2 Å². The van der Waals surface area contributed by atoms with E-state index in [0.717, 1.165) is 6.54 Å². The third-order valence-electron chi connectivity index (χ3n) is 2.00. The molecule has 1 aromatic heterocycles. The van der Waals surface area contributed by atoms with Gasteiger partial charge in [0.15, 0.2) is 5.11 Å². The van der Waals surface area contributed by atoms with Crippen molar-refractivity contribution >= 4 is 17.3 Å². The van der Waals surface area contributed by atoms with Gasteiger partial charge in [-0.25, -0.2) is 0 Å². The Kier molecular flexibility index (Phi) is 4.49. The highest BCUT2D eigenvalue weighted by Crippen LogP contribution is 2.03. The lowest BCUT2D eigenvalue weighted by atomic mass is 10.1. The van der Waals surface area contributed by atoms with Crippen LogP contribution in [-0.4, -0.2) is 16.1 Å². The number of nitrogens with one attached hydrogen (secondary N) is 2. The Hall–Kier alpha value is -1.16. The van der Waals surface area contributed by atoms with Crippen molar-refractivity contribution in [1.29, 1.82) is 0 Å². The Labute approximate surface area is 96.3 Å². The number of aromatic nitrogens is 1. The standard InChI is InChI=1S/C11H17N3S/c1-8(2)14-11(15)13-7-10-4-5-12-6-9(10)3/h4-6,8H,7H2,1-3H3,(H2,13,14,15). The van der Waals surface area contributed by atoms with Gasteiger partial charge in [0.1, 0.15) is 0 Å². The summed E-state index contributed by atoms with van der Waals surface area (Å²) in [4.78, 5) is 4.04. The Bertz CT molecular complexity index is 336. The molecule has 0 amide bonds. The van der Waals surface area contributed by atoms with Crippen molar-refractivity contribution in [1.82, 2.24) is 15.6 Å². The smallest absolute Gasteiger partial charge is 0.166 e. The molecule has 0 atom stereocenters. The number of hydrogen-bond acceptors (Lipinski definition) is 2. The van der Waals surface area contributed by atoms with Crippen LogP contribution in [-0.2, 0) is 6.54 Å². The zero-order valence-corrected chi connectivity index (χ0v) is 10.2. The molecule has 0 fully saturated rings. The quantitative estimate of drug-likeness (QED) is 0.766. The van der Waals surface area contributed by atoms with Crippen LogP contribution < -0.4 is 10.6 Å². The minimum absolute atomic E-state index is 0.364. The van der Waals surface area contributed by atoms with Crippen molar-refractivity contribution in [3.8, 4) is 0 Å². The second kappa shape index (κ2) is 5.66. The van der Waals surface area contributed by atoms with E-state index in [9.17, 15) is 0 Å². The Morgan fingerprint density at radius 3 is 2.87 bits per heavy atom. The lowest BCUT2D eigenvalue weighted by molar-refractivity contribution is 0.711. The molecule has 4 heteroatoms. The van der Waals surface area contributed by atoms with E-state index in [1.54, 1.807) is 6.20 Å². The summed E-state index contributed by atoms with van der Waals surface area (Å²) < 4.78 is 0. The van der Waals surface area contributed by atoms with Crippen molar-refractivity contribution in [2.24, 2.45) is 0 Å². The van der Waals surface area contributed by atoms with Gasteiger partial charge in [0, 0.05) is 25.0 Å². The maximum atomic E-state index is 5.13. The van der Waals surface area contributed by atoms with Crippen LogP contribution in [0.2, 0.25) is 0 Å². The molecular formula is C11H17N3S. The lowest BCUT2D eigenvalue weighted by Crippen LogP contribution is -2.38. The van der Waals surface area contributed by atoms with E-state index < -0.39 is 0 Å². The van der Waals surface area contributed by atoms with E-state index in [1.807, 2.05) is 19.2 Å². The monoisotopic (exact) mass is 223 g/mol. The molecule has 0 aliphatic heterocycles. The summed E-state index contributed by atoms with van der Waals surface area (Å²) in [5.74, 6) is 0. The van der Waals surface area contributed by atoms with Gasteiger partial charge in [-0.1, -0.05) is 0 Å². The predicted octanol–water partition coefficient (Wildman–Crippen LogP) is 1.76. The van der Waals surface area contributed by atoms with Crippen molar-refractivity contribution in [2.45, 2.75) is 33.4 Å². The minimum atomic E-state index is 0.364. The molecule has 0 aromatic carbocycles. The van der Waals surface area contributed by atoms with Gasteiger partial charge in [-0.2, -0.15) is 0 Å². The molecule has 0 aliphatic rings. The minimum Gasteiger partial charge on any atom is -0.361 e. The first-order chi connectivity index (χ1) is 7.09. The Balaban J connectivity index is 2.44. The van der Waals surface area contributed by atoms with Crippen LogP contribution in [0.1, 0.15) is 25.0 Å². The van der Waals surface area contributed by atoms with Gasteiger partial charge in [-0.05, 0) is 50.2 Å². The van der Waals surface area contributed by atoms with Crippen molar-refractivity contribution in [2.75, 3.05) is 0 Å². The number of pyridine rings is 1. The molecule has 0 radical (unpaired) electrons. The van der Waals surface area contributed by atoms with Gasteiger partial charge in [-0.3, -0.25) is 4.98 Å². The fraction of sp³-hybridized carbons (Fsp3) is 0.455. The van der Waals surface area contributed by atoms with Crippen LogP contribution in [0.3, 0.4) is 0 Å². The van der Waals surface area contributed by atoms with Crippen LogP contribution in [0.25, 0.3) is 0 Å². The fourth-order valence-corrected chi connectivity index (χ4v) is 1.50. The van der Waals surface area contributed by atoms with Gasteiger partial charge < -0.3 is 10.6 Å². The predicted molar refractivity (Wildman–Crippen MR) is 66.7 cm³/mol. The van der Waals surface area contributed by atoms with Crippen LogP contribution in [0, 0.1) is 6.92 Å². The van der Waals surface area contributed by atoms with E-state index in [-0.39, 0.29) is 0 Å². The van der Waals surface area contributed by atoms with Crippen molar-refractivity contribution < 1.29 is 0 Å². The largest absolute Gasteiger partial charge is 0.361 e.